The van der Waals surface area contributed by atoms with Crippen molar-refractivity contribution in [2.75, 3.05) is 0 Å². The first-order valence-corrected chi connectivity index (χ1v) is 7.58. The van der Waals surface area contributed by atoms with Crippen molar-refractivity contribution >= 4 is 22.8 Å². The van der Waals surface area contributed by atoms with Gasteiger partial charge in [-0.2, -0.15) is 0 Å². The largest absolute Gasteiger partial charge is 0.345 e. The van der Waals surface area contributed by atoms with Gasteiger partial charge in [0.15, 0.2) is 5.82 Å². The second kappa shape index (κ2) is 6.87. The number of nitrogens with zero attached hydrogens (tertiary/aromatic N) is 3. The van der Waals surface area contributed by atoms with Gasteiger partial charge in [-0.1, -0.05) is 42.5 Å². The van der Waals surface area contributed by atoms with E-state index in [1.54, 1.807) is 12.4 Å². The molecule has 0 unspecified atom stereocenters. The maximum atomic E-state index is 12.0. The Bertz CT molecular complexity index is 846. The van der Waals surface area contributed by atoms with Crippen LogP contribution >= 0.6 is 0 Å². The Kier molecular flexibility index (Phi) is 4.47. The number of hydrogen-bond acceptors (Lipinski definition) is 3. The molecule has 3 aromatic rings. The van der Waals surface area contributed by atoms with Gasteiger partial charge in [0.25, 0.3) is 0 Å². The number of carbonyl (C=O) groups is 1. The van der Waals surface area contributed by atoms with E-state index in [0.29, 0.717) is 6.54 Å². The summed E-state index contributed by atoms with van der Waals surface area (Å²) in [6.07, 6.45) is 5.05. The number of fused-ring (bicyclic) bond motifs is 1. The van der Waals surface area contributed by atoms with E-state index in [1.807, 2.05) is 41.8 Å². The molecule has 23 heavy (non-hydrogen) atoms. The van der Waals surface area contributed by atoms with Crippen molar-refractivity contribution in [1.82, 2.24) is 20.1 Å². The van der Waals surface area contributed by atoms with Crippen molar-refractivity contribution in [2.24, 2.45) is 0 Å². The highest BCUT2D eigenvalue weighted by molar-refractivity contribution is 5.96. The van der Waals surface area contributed by atoms with Crippen LogP contribution in [-0.2, 0) is 17.9 Å². The third kappa shape index (κ3) is 3.45. The van der Waals surface area contributed by atoms with Gasteiger partial charge in [0.2, 0.25) is 5.91 Å². The van der Waals surface area contributed by atoms with Crippen molar-refractivity contribution in [2.45, 2.75) is 20.0 Å². The van der Waals surface area contributed by atoms with Crippen LogP contribution in [0.25, 0.3) is 16.8 Å². The molecule has 0 atom stereocenters. The minimum Gasteiger partial charge on any atom is -0.345 e. The highest BCUT2D eigenvalue weighted by Gasteiger charge is 2.04. The molecule has 0 aliphatic carbocycles. The van der Waals surface area contributed by atoms with Crippen LogP contribution in [0, 0.1) is 0 Å². The highest BCUT2D eigenvalue weighted by atomic mass is 16.1. The van der Waals surface area contributed by atoms with E-state index in [4.69, 9.17) is 0 Å². The topological polar surface area (TPSA) is 59.8 Å². The van der Waals surface area contributed by atoms with E-state index in [9.17, 15) is 4.79 Å². The number of nitrogens with one attached hydrogen (secondary N) is 1. The summed E-state index contributed by atoms with van der Waals surface area (Å²) in [5.41, 5.74) is 1.02. The second-order valence-corrected chi connectivity index (χ2v) is 5.15. The van der Waals surface area contributed by atoms with Crippen LogP contribution < -0.4 is 5.32 Å². The predicted octanol–water partition coefficient (Wildman–Crippen LogP) is 2.78. The number of aryl methyl sites for hydroxylation is 1. The van der Waals surface area contributed by atoms with Crippen LogP contribution in [-0.4, -0.2) is 20.7 Å². The average molecular weight is 306 g/mol. The number of hydrogen-bond donors (Lipinski definition) is 1. The average Bonchev–Trinajstić information content (AvgIpc) is 3.05. The summed E-state index contributed by atoms with van der Waals surface area (Å²) in [6, 6.07) is 14.2. The lowest BCUT2D eigenvalue weighted by Gasteiger charge is -2.04. The summed E-state index contributed by atoms with van der Waals surface area (Å²) in [7, 11) is 0. The molecule has 0 saturated carbocycles. The minimum absolute atomic E-state index is 0.149. The van der Waals surface area contributed by atoms with E-state index >= 15 is 0 Å². The molecular formula is C18H18N4O. The third-order valence-electron chi connectivity index (χ3n) is 3.69. The summed E-state index contributed by atoms with van der Waals surface area (Å²) in [5, 5.41) is 13.0. The molecule has 1 aromatic heterocycles. The second-order valence-electron chi connectivity index (χ2n) is 5.15. The lowest BCUT2D eigenvalue weighted by atomic mass is 10.0. The minimum atomic E-state index is -0.149. The highest BCUT2D eigenvalue weighted by Crippen LogP contribution is 2.19. The van der Waals surface area contributed by atoms with Gasteiger partial charge in [-0.15, -0.1) is 10.2 Å². The van der Waals surface area contributed by atoms with Gasteiger partial charge >= 0.3 is 0 Å². The smallest absolute Gasteiger partial charge is 0.244 e. The zero-order chi connectivity index (χ0) is 16.1. The fourth-order valence-corrected chi connectivity index (χ4v) is 2.47. The Balaban J connectivity index is 1.68. The van der Waals surface area contributed by atoms with E-state index in [1.165, 1.54) is 0 Å². The molecule has 0 spiro atoms. The Hall–Kier alpha value is -2.95. The number of aromatic nitrogens is 3. The maximum Gasteiger partial charge on any atom is 0.244 e. The first-order valence-electron chi connectivity index (χ1n) is 7.58. The molecule has 0 fully saturated rings. The Labute approximate surface area is 134 Å². The summed E-state index contributed by atoms with van der Waals surface area (Å²) in [4.78, 5) is 12.0. The third-order valence-corrected chi connectivity index (χ3v) is 3.69. The van der Waals surface area contributed by atoms with Crippen LogP contribution in [0.4, 0.5) is 0 Å². The molecule has 0 saturated heterocycles. The molecule has 116 valence electrons. The first-order chi connectivity index (χ1) is 11.3. The zero-order valence-electron chi connectivity index (χ0n) is 12.9. The Morgan fingerprint density at radius 2 is 2.04 bits per heavy atom. The van der Waals surface area contributed by atoms with Gasteiger partial charge in [-0.25, -0.2) is 0 Å². The van der Waals surface area contributed by atoms with Crippen LogP contribution in [0.15, 0.2) is 54.9 Å². The molecule has 1 amide bonds. The monoisotopic (exact) mass is 306 g/mol. The standard InChI is InChI=1S/C18H18N4O/c1-2-22-13-20-21-17(22)12-19-18(23)11-10-15-8-5-7-14-6-3-4-9-16(14)15/h3-11,13H,2,12H2,1H3,(H,19,23). The van der Waals surface area contributed by atoms with Gasteiger partial charge in [-0.05, 0) is 29.3 Å². The predicted molar refractivity (Wildman–Crippen MR) is 90.5 cm³/mol. The number of benzene rings is 2. The van der Waals surface area contributed by atoms with E-state index in [-0.39, 0.29) is 5.91 Å². The van der Waals surface area contributed by atoms with Crippen LogP contribution in [0.3, 0.4) is 0 Å². The van der Waals surface area contributed by atoms with Gasteiger partial charge in [0, 0.05) is 12.6 Å². The molecule has 5 nitrogen and oxygen atoms in total. The summed E-state index contributed by atoms with van der Waals surface area (Å²) < 4.78 is 1.90. The summed E-state index contributed by atoms with van der Waals surface area (Å²) in [6.45, 7) is 3.16. The molecule has 5 heteroatoms. The van der Waals surface area contributed by atoms with Crippen molar-refractivity contribution in [3.8, 4) is 0 Å². The molecule has 0 bridgehead atoms. The summed E-state index contributed by atoms with van der Waals surface area (Å²) in [5.74, 6) is 0.600. The Morgan fingerprint density at radius 1 is 1.22 bits per heavy atom. The van der Waals surface area contributed by atoms with Crippen molar-refractivity contribution in [3.05, 3.63) is 66.3 Å². The molecule has 1 N–H and O–H groups in total. The summed E-state index contributed by atoms with van der Waals surface area (Å²) >= 11 is 0. The van der Waals surface area contributed by atoms with E-state index in [2.05, 4.69) is 33.7 Å². The fourth-order valence-electron chi connectivity index (χ4n) is 2.47. The fraction of sp³-hybridized carbons (Fsp3) is 0.167. The van der Waals surface area contributed by atoms with Gasteiger partial charge < -0.3 is 9.88 Å². The number of rotatable bonds is 5. The molecule has 3 rings (SSSR count). The van der Waals surface area contributed by atoms with E-state index < -0.39 is 0 Å². The quantitative estimate of drug-likeness (QED) is 0.737. The van der Waals surface area contributed by atoms with Crippen molar-refractivity contribution < 1.29 is 4.79 Å². The van der Waals surface area contributed by atoms with Gasteiger partial charge in [-0.3, -0.25) is 4.79 Å². The van der Waals surface area contributed by atoms with Gasteiger partial charge in [0.05, 0.1) is 6.54 Å². The number of amides is 1. The molecule has 2 aromatic carbocycles. The molecular weight excluding hydrogens is 288 g/mol. The van der Waals surface area contributed by atoms with Crippen molar-refractivity contribution in [1.29, 1.82) is 0 Å². The van der Waals surface area contributed by atoms with E-state index in [0.717, 1.165) is 28.7 Å². The van der Waals surface area contributed by atoms with Crippen LogP contribution in [0.1, 0.15) is 18.3 Å². The first kappa shape index (κ1) is 15.0. The lowest BCUT2D eigenvalue weighted by molar-refractivity contribution is -0.116. The molecule has 1 heterocycles. The number of carbonyl (C=O) groups excluding carboxylic acids is 1. The normalized spacial score (nSPS) is 11.2. The molecule has 0 radical (unpaired) electrons. The van der Waals surface area contributed by atoms with Crippen molar-refractivity contribution in [3.63, 3.8) is 0 Å². The van der Waals surface area contributed by atoms with Gasteiger partial charge in [0.1, 0.15) is 6.33 Å². The zero-order valence-corrected chi connectivity index (χ0v) is 12.9. The molecule has 0 aliphatic rings. The van der Waals surface area contributed by atoms with Crippen LogP contribution in [0.5, 0.6) is 0 Å². The lowest BCUT2D eigenvalue weighted by Crippen LogP contribution is -2.22. The molecule has 0 aliphatic heterocycles. The maximum absolute atomic E-state index is 12.0. The van der Waals surface area contributed by atoms with Crippen LogP contribution in [0.2, 0.25) is 0 Å². The Morgan fingerprint density at radius 3 is 2.91 bits per heavy atom. The SMILES string of the molecule is CCn1cnnc1CNC(=O)C=Cc1cccc2ccccc12.